The molecule has 1 atom stereocenters. The molecule has 0 aliphatic heterocycles. The Kier molecular flexibility index (Phi) is 4.01. The summed E-state index contributed by atoms with van der Waals surface area (Å²) < 4.78 is 5.17. The van der Waals surface area contributed by atoms with Crippen LogP contribution >= 0.6 is 23.2 Å². The van der Waals surface area contributed by atoms with Crippen molar-refractivity contribution in [2.45, 2.75) is 19.3 Å². The molecule has 1 rings (SSSR count). The third-order valence-electron chi connectivity index (χ3n) is 1.63. The van der Waals surface area contributed by atoms with Crippen molar-refractivity contribution in [1.29, 1.82) is 0 Å². The Hall–Kier alpha value is -0.480. The van der Waals surface area contributed by atoms with Gasteiger partial charge >= 0.3 is 0 Å². The van der Waals surface area contributed by atoms with Crippen molar-refractivity contribution in [3.8, 4) is 5.75 Å². The van der Waals surface area contributed by atoms with Crippen molar-refractivity contribution >= 4 is 23.2 Å². The Labute approximate surface area is 91.8 Å². The quantitative estimate of drug-likeness (QED) is 0.791. The van der Waals surface area contributed by atoms with E-state index < -0.39 is 12.4 Å². The maximum absolute atomic E-state index is 8.78. The molecule has 1 aromatic carbocycles. The van der Waals surface area contributed by atoms with Gasteiger partial charge in [-0.1, -0.05) is 23.2 Å². The van der Waals surface area contributed by atoms with Gasteiger partial charge in [0.1, 0.15) is 11.9 Å². The molecule has 0 saturated carbocycles. The highest BCUT2D eigenvalue weighted by atomic mass is 35.5. The topological polar surface area (TPSA) is 49.7 Å². The van der Waals surface area contributed by atoms with E-state index in [1.807, 2.05) is 0 Å². The van der Waals surface area contributed by atoms with Crippen LogP contribution in [0.5, 0.6) is 5.75 Å². The summed E-state index contributed by atoms with van der Waals surface area (Å²) in [6.45, 7) is 1.53. The molecule has 0 bridgehead atoms. The largest absolute Gasteiger partial charge is 0.485 e. The van der Waals surface area contributed by atoms with E-state index in [0.717, 1.165) is 0 Å². The zero-order chi connectivity index (χ0) is 10.7. The molecular weight excluding hydrogens is 227 g/mol. The minimum Gasteiger partial charge on any atom is -0.485 e. The van der Waals surface area contributed by atoms with Gasteiger partial charge in [0.05, 0.1) is 10.0 Å². The van der Waals surface area contributed by atoms with Gasteiger partial charge in [0.2, 0.25) is 0 Å². The number of aliphatic hydroxyl groups excluding tert-OH is 1. The molecule has 0 heterocycles. The Morgan fingerprint density at radius 2 is 1.86 bits per heavy atom. The maximum atomic E-state index is 8.78. The molecule has 3 nitrogen and oxygen atoms in total. The highest BCUT2D eigenvalue weighted by molar-refractivity contribution is 6.42. The van der Waals surface area contributed by atoms with Crippen LogP contribution in [0, 0.1) is 0 Å². The van der Waals surface area contributed by atoms with Crippen LogP contribution in [0.15, 0.2) is 18.2 Å². The lowest BCUT2D eigenvalue weighted by Crippen LogP contribution is -2.27. The molecule has 0 aliphatic carbocycles. The third kappa shape index (κ3) is 3.03. The van der Waals surface area contributed by atoms with E-state index in [1.54, 1.807) is 12.1 Å². The molecule has 1 aromatic rings. The van der Waals surface area contributed by atoms with E-state index in [0.29, 0.717) is 15.8 Å². The normalized spacial score (nSPS) is 13.0. The second kappa shape index (κ2) is 4.84. The van der Waals surface area contributed by atoms with E-state index in [-0.39, 0.29) is 0 Å². The van der Waals surface area contributed by atoms with Crippen molar-refractivity contribution in [3.05, 3.63) is 28.2 Å². The predicted molar refractivity (Wildman–Crippen MR) is 54.8 cm³/mol. The molecule has 1 unspecified atom stereocenters. The molecule has 78 valence electrons. The summed E-state index contributed by atoms with van der Waals surface area (Å²) in [4.78, 5) is 0. The number of hydrogen-bond acceptors (Lipinski definition) is 3. The van der Waals surface area contributed by atoms with Gasteiger partial charge < -0.3 is 14.9 Å². The van der Waals surface area contributed by atoms with Crippen LogP contribution in [0.25, 0.3) is 0 Å². The molecule has 0 radical (unpaired) electrons. The van der Waals surface area contributed by atoms with Crippen molar-refractivity contribution in [3.63, 3.8) is 0 Å². The SMILES string of the molecule is CC(Oc1ccc(Cl)c(Cl)c1)C(O)O. The van der Waals surface area contributed by atoms with E-state index >= 15 is 0 Å². The highest BCUT2D eigenvalue weighted by Gasteiger charge is 2.12. The number of ether oxygens (including phenoxy) is 1. The van der Waals surface area contributed by atoms with Gasteiger partial charge in [0, 0.05) is 6.07 Å². The van der Waals surface area contributed by atoms with E-state index in [4.69, 9.17) is 38.2 Å². The summed E-state index contributed by atoms with van der Waals surface area (Å²) >= 11 is 11.4. The van der Waals surface area contributed by atoms with E-state index in [2.05, 4.69) is 0 Å². The van der Waals surface area contributed by atoms with E-state index in [9.17, 15) is 0 Å². The first-order valence-electron chi connectivity index (χ1n) is 3.98. The highest BCUT2D eigenvalue weighted by Crippen LogP contribution is 2.26. The van der Waals surface area contributed by atoms with Crippen LogP contribution in [-0.2, 0) is 0 Å². The summed E-state index contributed by atoms with van der Waals surface area (Å²) in [5, 5.41) is 18.3. The van der Waals surface area contributed by atoms with Gasteiger partial charge in [-0.3, -0.25) is 0 Å². The summed E-state index contributed by atoms with van der Waals surface area (Å²) in [6, 6.07) is 4.70. The van der Waals surface area contributed by atoms with Crippen LogP contribution in [0.3, 0.4) is 0 Å². The summed E-state index contributed by atoms with van der Waals surface area (Å²) in [6.07, 6.45) is -2.24. The molecule has 0 saturated heterocycles. The van der Waals surface area contributed by atoms with Gasteiger partial charge in [0.15, 0.2) is 6.29 Å². The van der Waals surface area contributed by atoms with Gasteiger partial charge in [-0.25, -0.2) is 0 Å². The molecule has 0 amide bonds. The van der Waals surface area contributed by atoms with E-state index in [1.165, 1.54) is 13.0 Å². The Balaban J connectivity index is 2.73. The smallest absolute Gasteiger partial charge is 0.189 e. The van der Waals surface area contributed by atoms with Crippen molar-refractivity contribution in [1.82, 2.24) is 0 Å². The number of halogens is 2. The lowest BCUT2D eigenvalue weighted by atomic mass is 10.3. The molecule has 2 N–H and O–H groups in total. The van der Waals surface area contributed by atoms with Crippen LogP contribution in [0.1, 0.15) is 6.92 Å². The fourth-order valence-electron chi connectivity index (χ4n) is 0.826. The molecule has 0 aliphatic rings. The second-order valence-electron chi connectivity index (χ2n) is 2.81. The standard InChI is InChI=1S/C9H10Cl2O3/c1-5(9(12)13)14-6-2-3-7(10)8(11)4-6/h2-5,9,12-13H,1H3. The zero-order valence-electron chi connectivity index (χ0n) is 7.45. The first kappa shape index (κ1) is 11.6. The Morgan fingerprint density at radius 3 is 2.36 bits per heavy atom. The monoisotopic (exact) mass is 236 g/mol. The molecule has 5 heteroatoms. The van der Waals surface area contributed by atoms with Crippen LogP contribution in [0.4, 0.5) is 0 Å². The van der Waals surface area contributed by atoms with Gasteiger partial charge in [0.25, 0.3) is 0 Å². The Morgan fingerprint density at radius 1 is 1.21 bits per heavy atom. The fraction of sp³-hybridized carbons (Fsp3) is 0.333. The van der Waals surface area contributed by atoms with Gasteiger partial charge in [-0.2, -0.15) is 0 Å². The summed E-state index contributed by atoms with van der Waals surface area (Å²) in [7, 11) is 0. The minimum atomic E-state index is -1.52. The van der Waals surface area contributed by atoms with Gasteiger partial charge in [-0.05, 0) is 19.1 Å². The number of hydrogen-bond donors (Lipinski definition) is 2. The van der Waals surface area contributed by atoms with Crippen LogP contribution in [0.2, 0.25) is 10.0 Å². The minimum absolute atomic E-state index is 0.365. The van der Waals surface area contributed by atoms with Gasteiger partial charge in [-0.15, -0.1) is 0 Å². The lowest BCUT2D eigenvalue weighted by molar-refractivity contribution is -0.105. The average molecular weight is 237 g/mol. The number of rotatable bonds is 3. The number of aliphatic hydroxyl groups is 2. The first-order valence-corrected chi connectivity index (χ1v) is 4.74. The maximum Gasteiger partial charge on any atom is 0.189 e. The molecule has 0 fully saturated rings. The average Bonchev–Trinajstić information content (AvgIpc) is 2.11. The molecule has 0 aromatic heterocycles. The summed E-state index contributed by atoms with van der Waals surface area (Å²) in [5.41, 5.74) is 0. The van der Waals surface area contributed by atoms with Crippen molar-refractivity contribution in [2.75, 3.05) is 0 Å². The van der Waals surface area contributed by atoms with Crippen LogP contribution in [-0.4, -0.2) is 22.6 Å². The molecular formula is C9H10Cl2O3. The third-order valence-corrected chi connectivity index (χ3v) is 2.37. The van der Waals surface area contributed by atoms with Crippen molar-refractivity contribution in [2.24, 2.45) is 0 Å². The lowest BCUT2D eigenvalue weighted by Gasteiger charge is -2.16. The Bertz CT molecular complexity index is 315. The van der Waals surface area contributed by atoms with Crippen molar-refractivity contribution < 1.29 is 14.9 Å². The summed E-state index contributed by atoms with van der Waals surface area (Å²) in [5.74, 6) is 0.444. The molecule has 14 heavy (non-hydrogen) atoms. The molecule has 0 spiro atoms. The zero-order valence-corrected chi connectivity index (χ0v) is 8.96. The first-order chi connectivity index (χ1) is 6.50. The van der Waals surface area contributed by atoms with Crippen LogP contribution < -0.4 is 4.74 Å². The predicted octanol–water partition coefficient (Wildman–Crippen LogP) is 2.07. The second-order valence-corrected chi connectivity index (χ2v) is 3.63. The fourth-order valence-corrected chi connectivity index (χ4v) is 1.11. The number of benzene rings is 1.